The minimum Gasteiger partial charge on any atom is -0.494 e. The molecule has 0 saturated carbocycles. The highest BCUT2D eigenvalue weighted by atomic mass is 16.5. The normalized spacial score (nSPS) is 16.8. The van der Waals surface area contributed by atoms with Crippen LogP contribution >= 0.6 is 0 Å². The standard InChI is InChI=1S/C19H23N3O4/c1-2-24-15-7-9-16(10-8-15)25-14-19(23)22-12-4-5-17(13-22)26-18-6-3-11-20-21-18/h3,6-11,17H,2,4-5,12-14H2,1H3. The highest BCUT2D eigenvalue weighted by molar-refractivity contribution is 5.77. The summed E-state index contributed by atoms with van der Waals surface area (Å²) in [6, 6.07) is 10.8. The summed E-state index contributed by atoms with van der Waals surface area (Å²) in [5, 5.41) is 7.73. The van der Waals surface area contributed by atoms with Gasteiger partial charge in [0.1, 0.15) is 17.6 Å². The fourth-order valence-corrected chi connectivity index (χ4v) is 2.82. The Labute approximate surface area is 152 Å². The zero-order valence-corrected chi connectivity index (χ0v) is 14.8. The Kier molecular flexibility index (Phi) is 6.24. The van der Waals surface area contributed by atoms with E-state index in [0.29, 0.717) is 31.3 Å². The van der Waals surface area contributed by atoms with E-state index in [4.69, 9.17) is 14.2 Å². The second-order valence-electron chi connectivity index (χ2n) is 5.98. The number of carbonyl (C=O) groups is 1. The lowest BCUT2D eigenvalue weighted by Gasteiger charge is -2.32. The Balaban J connectivity index is 1.47. The maximum Gasteiger partial charge on any atom is 0.260 e. The molecule has 26 heavy (non-hydrogen) atoms. The van der Waals surface area contributed by atoms with Crippen molar-refractivity contribution in [3.8, 4) is 17.4 Å². The molecule has 1 fully saturated rings. The Bertz CT molecular complexity index is 694. The fourth-order valence-electron chi connectivity index (χ4n) is 2.82. The first kappa shape index (κ1) is 18.0. The van der Waals surface area contributed by atoms with Gasteiger partial charge in [-0.05, 0) is 50.1 Å². The topological polar surface area (TPSA) is 73.8 Å². The van der Waals surface area contributed by atoms with Gasteiger partial charge in [0.2, 0.25) is 5.88 Å². The Morgan fingerprint density at radius 3 is 2.65 bits per heavy atom. The van der Waals surface area contributed by atoms with E-state index in [1.165, 1.54) is 0 Å². The van der Waals surface area contributed by atoms with Crippen molar-refractivity contribution in [2.45, 2.75) is 25.9 Å². The zero-order valence-electron chi connectivity index (χ0n) is 14.8. The number of ether oxygens (including phenoxy) is 3. The van der Waals surface area contributed by atoms with Crippen LogP contribution in [0.15, 0.2) is 42.6 Å². The third kappa shape index (κ3) is 5.08. The van der Waals surface area contributed by atoms with Gasteiger partial charge >= 0.3 is 0 Å². The van der Waals surface area contributed by atoms with Gasteiger partial charge < -0.3 is 19.1 Å². The van der Waals surface area contributed by atoms with E-state index < -0.39 is 0 Å². The van der Waals surface area contributed by atoms with Crippen LogP contribution < -0.4 is 14.2 Å². The summed E-state index contributed by atoms with van der Waals surface area (Å²) in [7, 11) is 0. The van der Waals surface area contributed by atoms with Gasteiger partial charge in [-0.15, -0.1) is 5.10 Å². The summed E-state index contributed by atoms with van der Waals surface area (Å²) in [6.45, 7) is 3.80. The van der Waals surface area contributed by atoms with Crippen molar-refractivity contribution in [1.29, 1.82) is 0 Å². The summed E-state index contributed by atoms with van der Waals surface area (Å²) in [6.07, 6.45) is 3.30. The van der Waals surface area contributed by atoms with Crippen molar-refractivity contribution in [2.75, 3.05) is 26.3 Å². The lowest BCUT2D eigenvalue weighted by Crippen LogP contribution is -2.46. The minimum absolute atomic E-state index is 0.00580. The highest BCUT2D eigenvalue weighted by Gasteiger charge is 2.25. The molecule has 138 valence electrons. The third-order valence-electron chi connectivity index (χ3n) is 4.06. The lowest BCUT2D eigenvalue weighted by atomic mass is 10.1. The molecule has 1 atom stereocenters. The summed E-state index contributed by atoms with van der Waals surface area (Å²) in [5.41, 5.74) is 0. The van der Waals surface area contributed by atoms with E-state index in [-0.39, 0.29) is 18.6 Å². The molecule has 0 aliphatic carbocycles. The number of nitrogens with zero attached hydrogens (tertiary/aromatic N) is 3. The van der Waals surface area contributed by atoms with Crippen molar-refractivity contribution in [3.05, 3.63) is 42.6 Å². The number of likely N-dealkylation sites (tertiary alicyclic amines) is 1. The van der Waals surface area contributed by atoms with Gasteiger partial charge in [-0.2, -0.15) is 5.10 Å². The number of rotatable bonds is 7. The van der Waals surface area contributed by atoms with E-state index in [2.05, 4.69) is 10.2 Å². The maximum absolute atomic E-state index is 12.4. The number of aromatic nitrogens is 2. The highest BCUT2D eigenvalue weighted by Crippen LogP contribution is 2.19. The van der Waals surface area contributed by atoms with Crippen LogP contribution in [0.25, 0.3) is 0 Å². The first-order valence-electron chi connectivity index (χ1n) is 8.82. The smallest absolute Gasteiger partial charge is 0.260 e. The molecule has 1 amide bonds. The summed E-state index contributed by atoms with van der Waals surface area (Å²) >= 11 is 0. The van der Waals surface area contributed by atoms with Crippen molar-refractivity contribution >= 4 is 5.91 Å². The molecule has 7 heteroatoms. The Hall–Kier alpha value is -2.83. The molecular formula is C19H23N3O4. The van der Waals surface area contributed by atoms with Crippen molar-refractivity contribution < 1.29 is 19.0 Å². The van der Waals surface area contributed by atoms with E-state index >= 15 is 0 Å². The number of amides is 1. The predicted octanol–water partition coefficient (Wildman–Crippen LogP) is 2.32. The van der Waals surface area contributed by atoms with Crippen LogP contribution in [0.1, 0.15) is 19.8 Å². The molecule has 1 unspecified atom stereocenters. The summed E-state index contributed by atoms with van der Waals surface area (Å²) in [5.74, 6) is 1.86. The minimum atomic E-state index is -0.0742. The van der Waals surface area contributed by atoms with Crippen molar-refractivity contribution in [2.24, 2.45) is 0 Å². The average molecular weight is 357 g/mol. The molecule has 1 aliphatic heterocycles. The number of hydrogen-bond donors (Lipinski definition) is 0. The molecule has 2 heterocycles. The second-order valence-corrected chi connectivity index (χ2v) is 5.98. The molecule has 7 nitrogen and oxygen atoms in total. The van der Waals surface area contributed by atoms with E-state index in [1.807, 2.05) is 19.1 Å². The van der Waals surface area contributed by atoms with Crippen molar-refractivity contribution in [1.82, 2.24) is 15.1 Å². The monoisotopic (exact) mass is 357 g/mol. The SMILES string of the molecule is CCOc1ccc(OCC(=O)N2CCCC(Oc3cccnn3)C2)cc1. The lowest BCUT2D eigenvalue weighted by molar-refractivity contribution is -0.136. The Morgan fingerprint density at radius 1 is 1.19 bits per heavy atom. The summed E-state index contributed by atoms with van der Waals surface area (Å²) < 4.78 is 16.8. The van der Waals surface area contributed by atoms with Gasteiger partial charge in [0.25, 0.3) is 5.91 Å². The van der Waals surface area contributed by atoms with Crippen LogP contribution in [0.2, 0.25) is 0 Å². The molecule has 0 spiro atoms. The van der Waals surface area contributed by atoms with Gasteiger partial charge in [-0.1, -0.05) is 0 Å². The first-order valence-corrected chi connectivity index (χ1v) is 8.82. The van der Waals surface area contributed by atoms with Crippen LogP contribution in [0, 0.1) is 0 Å². The predicted molar refractivity (Wildman–Crippen MR) is 95.4 cm³/mol. The van der Waals surface area contributed by atoms with Crippen LogP contribution in [-0.4, -0.2) is 53.4 Å². The molecule has 1 aliphatic rings. The first-order chi connectivity index (χ1) is 12.7. The van der Waals surface area contributed by atoms with Gasteiger partial charge in [0.05, 0.1) is 13.2 Å². The molecule has 0 radical (unpaired) electrons. The molecule has 2 aromatic rings. The van der Waals surface area contributed by atoms with Gasteiger partial charge in [-0.3, -0.25) is 4.79 Å². The summed E-state index contributed by atoms with van der Waals surface area (Å²) in [4.78, 5) is 14.2. The third-order valence-corrected chi connectivity index (χ3v) is 4.06. The van der Waals surface area contributed by atoms with Crippen LogP contribution in [0.5, 0.6) is 17.4 Å². The van der Waals surface area contributed by atoms with Crippen LogP contribution in [0.3, 0.4) is 0 Å². The van der Waals surface area contributed by atoms with Gasteiger partial charge in [0.15, 0.2) is 6.61 Å². The molecule has 3 rings (SSSR count). The molecular weight excluding hydrogens is 334 g/mol. The van der Waals surface area contributed by atoms with E-state index in [9.17, 15) is 4.79 Å². The van der Waals surface area contributed by atoms with Crippen molar-refractivity contribution in [3.63, 3.8) is 0 Å². The Morgan fingerprint density at radius 2 is 1.96 bits per heavy atom. The molecule has 0 bridgehead atoms. The van der Waals surface area contributed by atoms with Crippen LogP contribution in [-0.2, 0) is 4.79 Å². The fraction of sp³-hybridized carbons (Fsp3) is 0.421. The molecule has 1 aromatic heterocycles. The number of benzene rings is 1. The van der Waals surface area contributed by atoms with E-state index in [0.717, 1.165) is 18.6 Å². The largest absolute Gasteiger partial charge is 0.494 e. The van der Waals surface area contributed by atoms with Crippen LogP contribution in [0.4, 0.5) is 0 Å². The maximum atomic E-state index is 12.4. The number of piperidine rings is 1. The van der Waals surface area contributed by atoms with Gasteiger partial charge in [-0.25, -0.2) is 0 Å². The molecule has 1 saturated heterocycles. The van der Waals surface area contributed by atoms with E-state index in [1.54, 1.807) is 35.4 Å². The zero-order chi connectivity index (χ0) is 18.2. The average Bonchev–Trinajstić information content (AvgIpc) is 2.68. The second kappa shape index (κ2) is 9.03. The quantitative estimate of drug-likeness (QED) is 0.757. The molecule has 1 aromatic carbocycles. The molecule has 0 N–H and O–H groups in total. The number of hydrogen-bond acceptors (Lipinski definition) is 6. The number of carbonyl (C=O) groups excluding carboxylic acids is 1. The van der Waals surface area contributed by atoms with Gasteiger partial charge in [0, 0.05) is 18.8 Å².